The van der Waals surface area contributed by atoms with Gasteiger partial charge in [0.1, 0.15) is 0 Å². The van der Waals surface area contributed by atoms with Crippen molar-refractivity contribution in [2.45, 2.75) is 0 Å². The van der Waals surface area contributed by atoms with Crippen LogP contribution in [0.1, 0.15) is 0 Å². The Morgan fingerprint density at radius 2 is 1.83 bits per heavy atom. The Labute approximate surface area is 149 Å². The van der Waals surface area contributed by atoms with E-state index in [1.54, 1.807) is 16.7 Å². The summed E-state index contributed by atoms with van der Waals surface area (Å²) in [6, 6.07) is 14.6. The van der Waals surface area contributed by atoms with Crippen LogP contribution in [0.25, 0.3) is 28.0 Å². The lowest BCUT2D eigenvalue weighted by molar-refractivity contribution is 0.959. The van der Waals surface area contributed by atoms with Crippen LogP contribution in [0.2, 0.25) is 5.02 Å². The van der Waals surface area contributed by atoms with Crippen molar-refractivity contribution >= 4 is 38.4 Å². The molecule has 7 heteroatoms. The van der Waals surface area contributed by atoms with Crippen LogP contribution in [-0.2, 0) is 0 Å². The zero-order valence-corrected chi connectivity index (χ0v) is 14.4. The SMILES string of the molecule is O=c1nc2n(-c3ccc(Br)cc3)c3cccc(Cl)c3cc-2c(=O)[nH]1. The molecule has 2 aliphatic heterocycles. The Bertz CT molecular complexity index is 1170. The molecule has 0 unspecified atom stereocenters. The largest absolute Gasteiger partial charge is 0.349 e. The van der Waals surface area contributed by atoms with Crippen LogP contribution in [0.3, 0.4) is 0 Å². The van der Waals surface area contributed by atoms with E-state index in [2.05, 4.69) is 25.9 Å². The van der Waals surface area contributed by atoms with Gasteiger partial charge in [-0.05, 0) is 42.5 Å². The van der Waals surface area contributed by atoms with E-state index in [1.165, 1.54) is 0 Å². The zero-order chi connectivity index (χ0) is 16.8. The van der Waals surface area contributed by atoms with E-state index in [9.17, 15) is 9.59 Å². The Balaban J connectivity index is 2.26. The van der Waals surface area contributed by atoms with Crippen LogP contribution < -0.4 is 11.2 Å². The molecule has 0 aliphatic carbocycles. The molecule has 0 atom stereocenters. The van der Waals surface area contributed by atoms with Crippen molar-refractivity contribution in [2.24, 2.45) is 0 Å². The molecular formula is C17H9BrClN3O2. The summed E-state index contributed by atoms with van der Waals surface area (Å²) < 4.78 is 2.68. The lowest BCUT2D eigenvalue weighted by Gasteiger charge is -2.18. The molecule has 24 heavy (non-hydrogen) atoms. The third kappa shape index (κ3) is 2.35. The number of fused-ring (bicyclic) bond motifs is 2. The number of hydrogen-bond donors (Lipinski definition) is 1. The third-order valence-corrected chi connectivity index (χ3v) is 4.63. The summed E-state index contributed by atoms with van der Waals surface area (Å²) in [6.45, 7) is 0. The average molecular weight is 403 g/mol. The summed E-state index contributed by atoms with van der Waals surface area (Å²) in [4.78, 5) is 30.2. The van der Waals surface area contributed by atoms with Gasteiger partial charge in [0.15, 0.2) is 5.82 Å². The molecule has 5 nitrogen and oxygen atoms in total. The monoisotopic (exact) mass is 401 g/mol. The van der Waals surface area contributed by atoms with Crippen LogP contribution >= 0.6 is 27.5 Å². The van der Waals surface area contributed by atoms with Crippen molar-refractivity contribution in [1.82, 2.24) is 14.5 Å². The lowest BCUT2D eigenvalue weighted by atomic mass is 10.1. The number of halogens is 2. The molecule has 4 rings (SSSR count). The van der Waals surface area contributed by atoms with Gasteiger partial charge in [-0.3, -0.25) is 14.3 Å². The van der Waals surface area contributed by atoms with Crippen molar-refractivity contribution < 1.29 is 0 Å². The number of nitrogens with zero attached hydrogens (tertiary/aromatic N) is 2. The predicted molar refractivity (Wildman–Crippen MR) is 97.3 cm³/mol. The van der Waals surface area contributed by atoms with Gasteiger partial charge in [0.05, 0.1) is 11.1 Å². The van der Waals surface area contributed by atoms with Crippen LogP contribution in [-0.4, -0.2) is 14.5 Å². The summed E-state index contributed by atoms with van der Waals surface area (Å²) in [6.07, 6.45) is 0. The zero-order valence-electron chi connectivity index (χ0n) is 12.1. The third-order valence-electron chi connectivity index (χ3n) is 3.77. The predicted octanol–water partition coefficient (Wildman–Crippen LogP) is 3.59. The highest BCUT2D eigenvalue weighted by Gasteiger charge is 2.18. The van der Waals surface area contributed by atoms with Gasteiger partial charge in [0.25, 0.3) is 5.56 Å². The summed E-state index contributed by atoms with van der Waals surface area (Å²) in [7, 11) is 0. The highest BCUT2D eigenvalue weighted by molar-refractivity contribution is 9.10. The summed E-state index contributed by atoms with van der Waals surface area (Å²) in [5.74, 6) is 0.292. The van der Waals surface area contributed by atoms with Gasteiger partial charge < -0.3 is 0 Å². The standard InChI is InChI=1S/C17H9BrClN3O2/c18-9-4-6-10(7-5-9)22-14-3-1-2-13(19)11(14)8-12-15(22)20-17(24)21-16(12)23/h1-8H,(H,21,23,24). The summed E-state index contributed by atoms with van der Waals surface area (Å²) >= 11 is 9.71. The van der Waals surface area contributed by atoms with Gasteiger partial charge >= 0.3 is 5.69 Å². The van der Waals surface area contributed by atoms with E-state index in [4.69, 9.17) is 11.6 Å². The van der Waals surface area contributed by atoms with Crippen molar-refractivity contribution in [3.8, 4) is 17.1 Å². The number of nitrogens with one attached hydrogen (secondary N) is 1. The molecule has 0 bridgehead atoms. The van der Waals surface area contributed by atoms with Crippen molar-refractivity contribution in [3.63, 3.8) is 0 Å². The average Bonchev–Trinajstić information content (AvgIpc) is 2.55. The summed E-state index contributed by atoms with van der Waals surface area (Å²) in [5.41, 5.74) is 0.666. The minimum absolute atomic E-state index is 0.292. The number of H-pyrrole nitrogens is 1. The van der Waals surface area contributed by atoms with Crippen molar-refractivity contribution in [3.05, 3.63) is 78.9 Å². The van der Waals surface area contributed by atoms with E-state index in [1.807, 2.05) is 36.4 Å². The van der Waals surface area contributed by atoms with Crippen molar-refractivity contribution in [2.75, 3.05) is 0 Å². The molecule has 0 fully saturated rings. The van der Waals surface area contributed by atoms with Gasteiger partial charge in [0, 0.05) is 20.6 Å². The van der Waals surface area contributed by atoms with Crippen LogP contribution in [0, 0.1) is 0 Å². The maximum Gasteiger partial charge on any atom is 0.349 e. The molecular weight excluding hydrogens is 394 g/mol. The number of pyridine rings is 1. The Morgan fingerprint density at radius 1 is 1.08 bits per heavy atom. The van der Waals surface area contributed by atoms with Gasteiger partial charge in [-0.15, -0.1) is 0 Å². The molecule has 0 amide bonds. The molecule has 2 heterocycles. The van der Waals surface area contributed by atoms with E-state index in [-0.39, 0.29) is 0 Å². The Kier molecular flexibility index (Phi) is 3.51. The minimum atomic E-state index is -0.681. The van der Waals surface area contributed by atoms with Crippen LogP contribution in [0.5, 0.6) is 0 Å². The second-order valence-electron chi connectivity index (χ2n) is 5.24. The second-order valence-corrected chi connectivity index (χ2v) is 6.56. The summed E-state index contributed by atoms with van der Waals surface area (Å²) in [5, 5.41) is 1.23. The quantitative estimate of drug-likeness (QED) is 0.495. The smallest absolute Gasteiger partial charge is 0.294 e. The molecule has 0 saturated carbocycles. The van der Waals surface area contributed by atoms with Gasteiger partial charge in [-0.2, -0.15) is 4.98 Å². The number of aromatic amines is 1. The Hall–Kier alpha value is -2.44. The second kappa shape index (κ2) is 5.58. The van der Waals surface area contributed by atoms with E-state index >= 15 is 0 Å². The van der Waals surface area contributed by atoms with Crippen LogP contribution in [0.4, 0.5) is 0 Å². The molecule has 2 aliphatic rings. The topological polar surface area (TPSA) is 67.8 Å². The fourth-order valence-corrected chi connectivity index (χ4v) is 3.21. The first-order chi connectivity index (χ1) is 11.5. The molecule has 0 aromatic heterocycles. The van der Waals surface area contributed by atoms with E-state index < -0.39 is 11.2 Å². The molecule has 118 valence electrons. The fraction of sp³-hybridized carbons (Fsp3) is 0. The van der Waals surface area contributed by atoms with Gasteiger partial charge in [0.2, 0.25) is 0 Å². The first-order valence-electron chi connectivity index (χ1n) is 7.05. The van der Waals surface area contributed by atoms with Crippen molar-refractivity contribution in [1.29, 1.82) is 0 Å². The Morgan fingerprint density at radius 3 is 2.58 bits per heavy atom. The number of hydrogen-bond acceptors (Lipinski definition) is 3. The van der Waals surface area contributed by atoms with Crippen LogP contribution in [0.15, 0.2) is 62.6 Å². The normalized spacial score (nSPS) is 11.2. The molecule has 1 N–H and O–H groups in total. The fourth-order valence-electron chi connectivity index (χ4n) is 2.72. The van der Waals surface area contributed by atoms with E-state index in [0.29, 0.717) is 21.8 Å². The highest BCUT2D eigenvalue weighted by Crippen LogP contribution is 2.31. The maximum absolute atomic E-state index is 12.2. The maximum atomic E-state index is 12.2. The van der Waals surface area contributed by atoms with Gasteiger partial charge in [-0.25, -0.2) is 4.79 Å². The first kappa shape index (κ1) is 15.1. The highest BCUT2D eigenvalue weighted by atomic mass is 79.9. The molecule has 0 spiro atoms. The molecule has 2 aromatic carbocycles. The minimum Gasteiger partial charge on any atom is -0.294 e. The number of rotatable bonds is 1. The molecule has 0 saturated heterocycles. The lowest BCUT2D eigenvalue weighted by Crippen LogP contribution is -2.27. The number of benzene rings is 2. The van der Waals surface area contributed by atoms with E-state index in [0.717, 1.165) is 15.7 Å². The molecule has 0 radical (unpaired) electrons. The van der Waals surface area contributed by atoms with Gasteiger partial charge in [-0.1, -0.05) is 33.6 Å². The first-order valence-corrected chi connectivity index (χ1v) is 8.22. The number of aromatic nitrogens is 3. The molecule has 2 aromatic rings.